The molecule has 2 aliphatic rings. The van der Waals surface area contributed by atoms with E-state index in [0.29, 0.717) is 36.4 Å². The predicted octanol–water partition coefficient (Wildman–Crippen LogP) is 1.34. The van der Waals surface area contributed by atoms with Crippen LogP contribution in [0.1, 0.15) is 41.4 Å². The number of rotatable bonds is 5. The first-order valence-corrected chi connectivity index (χ1v) is 15.9. The number of cyclic esters (lactones) is 1. The number of benzene rings is 4. The number of carbonyl (C=O) groups excluding carboxylic acids is 4. The van der Waals surface area contributed by atoms with Crippen molar-refractivity contribution in [3.63, 3.8) is 0 Å². The summed E-state index contributed by atoms with van der Waals surface area (Å²) in [5.74, 6) is -19.7. The van der Waals surface area contributed by atoms with Crippen molar-refractivity contribution in [2.75, 3.05) is 13.7 Å². The van der Waals surface area contributed by atoms with Gasteiger partial charge in [-0.15, -0.1) is 0 Å². The monoisotopic (exact) mass is 800 g/mol. The van der Waals surface area contributed by atoms with Crippen LogP contribution in [-0.4, -0.2) is 130 Å². The minimum atomic E-state index is -2.18. The van der Waals surface area contributed by atoms with Gasteiger partial charge in [0, 0.05) is 18.2 Å². The number of phenols is 12. The molecule has 6 rings (SSSR count). The second kappa shape index (κ2) is 14.5. The molecular formula is C35H28O22. The largest absolute Gasteiger partial charge is 0.504 e. The predicted molar refractivity (Wildman–Crippen MR) is 178 cm³/mol. The maximum Gasteiger partial charge on any atom is 0.339 e. The Morgan fingerprint density at radius 1 is 0.561 bits per heavy atom. The lowest BCUT2D eigenvalue weighted by molar-refractivity contribution is -0.291. The fraction of sp³-hybridized carbons (Fsp3) is 0.200. The third-order valence-electron chi connectivity index (χ3n) is 8.74. The van der Waals surface area contributed by atoms with Crippen LogP contribution in [0, 0.1) is 0 Å². The van der Waals surface area contributed by atoms with Crippen LogP contribution < -0.4 is 0 Å². The van der Waals surface area contributed by atoms with E-state index >= 15 is 0 Å². The molecule has 5 atom stereocenters. The molecule has 2 aliphatic heterocycles. The Hall–Kier alpha value is -7.72. The summed E-state index contributed by atoms with van der Waals surface area (Å²) in [6.45, 7) is -1.01. The molecule has 2 heterocycles. The van der Waals surface area contributed by atoms with Gasteiger partial charge in [-0.25, -0.2) is 19.2 Å². The SMILES string of the molecule is CO[C@@H]1OC2COC(=O)c3cc(O)c(O)c(O)c3-c3c(cc(O)c(O)c3O)C(=O)O[C@H]2[C@H](OC(=O)c2cc(O)c(O)c(O)c2)C1OC(=O)c1cc(O)c(O)c(O)c1. The van der Waals surface area contributed by atoms with Crippen molar-refractivity contribution in [1.29, 1.82) is 0 Å². The number of ether oxygens (including phenoxy) is 6. The highest BCUT2D eigenvalue weighted by atomic mass is 16.7. The highest BCUT2D eigenvalue weighted by Gasteiger charge is 2.54. The van der Waals surface area contributed by atoms with Crippen molar-refractivity contribution < 1.29 is 109 Å². The summed E-state index contributed by atoms with van der Waals surface area (Å²) in [4.78, 5) is 54.8. The fourth-order valence-electron chi connectivity index (χ4n) is 5.97. The molecule has 0 bridgehead atoms. The molecule has 2 unspecified atom stereocenters. The first-order chi connectivity index (χ1) is 26.8. The number of phenolic OH excluding ortho intramolecular Hbond substituents is 12. The van der Waals surface area contributed by atoms with E-state index in [9.17, 15) is 80.5 Å². The molecule has 300 valence electrons. The lowest BCUT2D eigenvalue weighted by Gasteiger charge is -2.43. The van der Waals surface area contributed by atoms with Crippen molar-refractivity contribution in [3.05, 3.63) is 58.7 Å². The quantitative estimate of drug-likeness (QED) is 0.0769. The number of esters is 4. The van der Waals surface area contributed by atoms with E-state index in [-0.39, 0.29) is 0 Å². The summed E-state index contributed by atoms with van der Waals surface area (Å²) in [6, 6.07) is 3.65. The smallest absolute Gasteiger partial charge is 0.339 e. The van der Waals surface area contributed by atoms with Gasteiger partial charge >= 0.3 is 23.9 Å². The molecule has 0 saturated carbocycles. The first kappa shape index (κ1) is 39.0. The van der Waals surface area contributed by atoms with Gasteiger partial charge in [-0.3, -0.25) is 0 Å². The molecule has 0 radical (unpaired) electrons. The van der Waals surface area contributed by atoms with Crippen molar-refractivity contribution in [1.82, 2.24) is 0 Å². The summed E-state index contributed by atoms with van der Waals surface area (Å²) in [7, 11) is 0.991. The molecule has 4 aromatic rings. The standard InChI is InChI=1S/C35H28O22/c1-52-35-30(57-32(49)10-4-15(38)23(43)16(39)5-10)29(56-31(48)9-2-13(36)22(42)14(37)3-9)28-19(54-35)8-53-33(50)11-6-17(40)24(44)26(46)20(11)21-12(34(51)55-28)7-18(41)25(45)27(21)47/h2-7,19,28-30,35-47H,8H2,1H3/t19?,28-,29+,30?,35-/m1/s1. The van der Waals surface area contributed by atoms with Crippen molar-refractivity contribution >= 4 is 23.9 Å². The summed E-state index contributed by atoms with van der Waals surface area (Å²) in [5, 5.41) is 123. The molecule has 1 fully saturated rings. The van der Waals surface area contributed by atoms with Gasteiger partial charge in [0.15, 0.2) is 82.1 Å². The summed E-state index contributed by atoms with van der Waals surface area (Å²) >= 11 is 0. The van der Waals surface area contributed by atoms with Crippen LogP contribution in [-0.2, 0) is 28.4 Å². The van der Waals surface area contributed by atoms with E-state index in [1.54, 1.807) is 0 Å². The van der Waals surface area contributed by atoms with Gasteiger partial charge in [-0.1, -0.05) is 0 Å². The lowest BCUT2D eigenvalue weighted by atomic mass is 9.92. The number of aromatic hydroxyl groups is 12. The molecule has 12 N–H and O–H groups in total. The van der Waals surface area contributed by atoms with E-state index in [1.807, 2.05) is 0 Å². The van der Waals surface area contributed by atoms with Gasteiger partial charge in [0.2, 0.25) is 11.5 Å². The molecule has 0 aromatic heterocycles. The third-order valence-corrected chi connectivity index (χ3v) is 8.74. The minimum absolute atomic E-state index is 0.490. The maximum atomic E-state index is 14.1. The van der Waals surface area contributed by atoms with Gasteiger partial charge in [0.05, 0.1) is 22.3 Å². The Balaban J connectivity index is 1.53. The molecule has 0 aliphatic carbocycles. The van der Waals surface area contributed by atoms with Crippen LogP contribution in [0.15, 0.2) is 36.4 Å². The molecule has 1 saturated heterocycles. The molecular weight excluding hydrogens is 772 g/mol. The van der Waals surface area contributed by atoms with Gasteiger partial charge in [0.1, 0.15) is 12.7 Å². The summed E-state index contributed by atoms with van der Waals surface area (Å²) in [5.41, 5.74) is -5.05. The Kier molecular flexibility index (Phi) is 9.92. The van der Waals surface area contributed by atoms with Gasteiger partial charge in [-0.2, -0.15) is 0 Å². The van der Waals surface area contributed by atoms with E-state index in [2.05, 4.69) is 0 Å². The molecule has 22 heteroatoms. The molecule has 0 amide bonds. The van der Waals surface area contributed by atoms with Crippen LogP contribution in [0.2, 0.25) is 0 Å². The Bertz CT molecular complexity index is 2310. The van der Waals surface area contributed by atoms with Crippen LogP contribution >= 0.6 is 0 Å². The van der Waals surface area contributed by atoms with E-state index in [1.165, 1.54) is 0 Å². The van der Waals surface area contributed by atoms with Gasteiger partial charge in [0.25, 0.3) is 0 Å². The number of fused-ring (bicyclic) bond motifs is 4. The zero-order valence-electron chi connectivity index (χ0n) is 28.5. The van der Waals surface area contributed by atoms with Gasteiger partial charge in [-0.05, 0) is 36.4 Å². The Morgan fingerprint density at radius 3 is 1.40 bits per heavy atom. The Labute approximate surface area is 315 Å². The average Bonchev–Trinajstić information content (AvgIpc) is 3.18. The van der Waals surface area contributed by atoms with Crippen LogP contribution in [0.4, 0.5) is 0 Å². The Morgan fingerprint density at radius 2 is 0.965 bits per heavy atom. The molecule has 57 heavy (non-hydrogen) atoms. The van der Waals surface area contributed by atoms with Crippen LogP contribution in [0.5, 0.6) is 69.0 Å². The number of hydrogen-bond donors (Lipinski definition) is 12. The zero-order valence-corrected chi connectivity index (χ0v) is 28.5. The second-order valence-corrected chi connectivity index (χ2v) is 12.2. The number of carbonyl (C=O) groups is 4. The van der Waals surface area contributed by atoms with E-state index in [4.69, 9.17) is 28.4 Å². The van der Waals surface area contributed by atoms with Crippen molar-refractivity contribution in [2.45, 2.75) is 30.7 Å². The average molecular weight is 801 g/mol. The topological polar surface area (TPSA) is 366 Å². The molecule has 22 nitrogen and oxygen atoms in total. The summed E-state index contributed by atoms with van der Waals surface area (Å²) < 4.78 is 33.3. The highest BCUT2D eigenvalue weighted by molar-refractivity contribution is 6.08. The van der Waals surface area contributed by atoms with Crippen LogP contribution in [0.25, 0.3) is 11.1 Å². The normalized spacial score (nSPS) is 20.4. The summed E-state index contributed by atoms with van der Waals surface area (Å²) in [6.07, 6.45) is -10.1. The van der Waals surface area contributed by atoms with E-state index < -0.39 is 164 Å². The molecule has 4 aromatic carbocycles. The minimum Gasteiger partial charge on any atom is -0.504 e. The fourth-order valence-corrected chi connectivity index (χ4v) is 5.97. The van der Waals surface area contributed by atoms with Gasteiger partial charge < -0.3 is 89.7 Å². The highest BCUT2D eigenvalue weighted by Crippen LogP contribution is 2.53. The van der Waals surface area contributed by atoms with E-state index in [0.717, 1.165) is 7.11 Å². The molecule has 0 spiro atoms. The zero-order chi connectivity index (χ0) is 41.8. The number of methoxy groups -OCH3 is 1. The van der Waals surface area contributed by atoms with Crippen LogP contribution in [0.3, 0.4) is 0 Å². The van der Waals surface area contributed by atoms with Crippen molar-refractivity contribution in [3.8, 4) is 80.1 Å². The number of hydrogen-bond acceptors (Lipinski definition) is 22. The second-order valence-electron chi connectivity index (χ2n) is 12.2. The third kappa shape index (κ3) is 6.80. The first-order valence-electron chi connectivity index (χ1n) is 15.9. The maximum absolute atomic E-state index is 14.1. The lowest BCUT2D eigenvalue weighted by Crippen LogP contribution is -2.63. The van der Waals surface area contributed by atoms with Crippen molar-refractivity contribution in [2.24, 2.45) is 0 Å².